The second-order valence-electron chi connectivity index (χ2n) is 5.24. The summed E-state index contributed by atoms with van der Waals surface area (Å²) >= 11 is 3.55. The van der Waals surface area contributed by atoms with Crippen molar-refractivity contribution in [3.8, 4) is 0 Å². The van der Waals surface area contributed by atoms with E-state index < -0.39 is 0 Å². The molecule has 0 amide bonds. The van der Waals surface area contributed by atoms with E-state index in [4.69, 9.17) is 0 Å². The highest BCUT2D eigenvalue weighted by Gasteiger charge is 2.18. The molecule has 90 valence electrons. The van der Waals surface area contributed by atoms with Crippen LogP contribution in [0.4, 0.5) is 0 Å². The van der Waals surface area contributed by atoms with Crippen LogP contribution in [0.15, 0.2) is 18.2 Å². The van der Waals surface area contributed by atoms with Crippen molar-refractivity contribution in [1.82, 2.24) is 9.88 Å². The summed E-state index contributed by atoms with van der Waals surface area (Å²) < 4.78 is 0. The van der Waals surface area contributed by atoms with Crippen LogP contribution in [0.3, 0.4) is 0 Å². The van der Waals surface area contributed by atoms with Crippen LogP contribution in [-0.2, 0) is 6.54 Å². The third-order valence-corrected chi connectivity index (χ3v) is 3.96. The fourth-order valence-corrected chi connectivity index (χ4v) is 1.97. The number of aromatic nitrogens is 1. The molecule has 0 unspecified atom stereocenters. The van der Waals surface area contributed by atoms with Crippen LogP contribution in [0.25, 0.3) is 0 Å². The lowest BCUT2D eigenvalue weighted by molar-refractivity contribution is 0.224. The molecule has 0 spiro atoms. The van der Waals surface area contributed by atoms with Crippen LogP contribution in [0.2, 0.25) is 0 Å². The number of hydrogen-bond donors (Lipinski definition) is 0. The number of aryl methyl sites for hydroxylation is 1. The molecule has 0 aliphatic heterocycles. The topological polar surface area (TPSA) is 16.1 Å². The number of pyridine rings is 1. The molecule has 0 aliphatic carbocycles. The van der Waals surface area contributed by atoms with E-state index in [9.17, 15) is 0 Å². The number of hydrogen-bond acceptors (Lipinski definition) is 2. The second kappa shape index (κ2) is 5.78. The van der Waals surface area contributed by atoms with Gasteiger partial charge in [-0.15, -0.1) is 0 Å². The monoisotopic (exact) mass is 284 g/mol. The highest BCUT2D eigenvalue weighted by atomic mass is 79.9. The summed E-state index contributed by atoms with van der Waals surface area (Å²) in [5.74, 6) is 0. The summed E-state index contributed by atoms with van der Waals surface area (Å²) in [4.78, 5) is 6.84. The van der Waals surface area contributed by atoms with Gasteiger partial charge in [0.05, 0.1) is 5.69 Å². The normalized spacial score (nSPS) is 12.1. The molecule has 0 saturated heterocycles. The molecule has 1 aromatic heterocycles. The molecular weight excluding hydrogens is 264 g/mol. The van der Waals surface area contributed by atoms with Gasteiger partial charge < -0.3 is 0 Å². The Labute approximate surface area is 107 Å². The van der Waals surface area contributed by atoms with E-state index in [1.165, 1.54) is 0 Å². The Hall–Kier alpha value is -0.410. The van der Waals surface area contributed by atoms with Gasteiger partial charge in [0, 0.05) is 24.1 Å². The fraction of sp³-hybridized carbons (Fsp3) is 0.615. The van der Waals surface area contributed by atoms with E-state index in [1.54, 1.807) is 0 Å². The first-order valence-electron chi connectivity index (χ1n) is 5.60. The Bertz CT molecular complexity index is 336. The largest absolute Gasteiger partial charge is 0.300 e. The van der Waals surface area contributed by atoms with Crippen molar-refractivity contribution in [2.75, 3.05) is 18.9 Å². The molecule has 0 aliphatic rings. The Balaban J connectivity index is 2.55. The van der Waals surface area contributed by atoms with Crippen molar-refractivity contribution < 1.29 is 0 Å². The zero-order chi connectivity index (χ0) is 12.2. The number of rotatable bonds is 5. The van der Waals surface area contributed by atoms with E-state index in [1.807, 2.05) is 13.0 Å². The van der Waals surface area contributed by atoms with E-state index in [0.717, 1.165) is 29.8 Å². The predicted molar refractivity (Wildman–Crippen MR) is 72.9 cm³/mol. The van der Waals surface area contributed by atoms with E-state index in [-0.39, 0.29) is 0 Å². The van der Waals surface area contributed by atoms with Gasteiger partial charge in [-0.3, -0.25) is 9.88 Å². The van der Waals surface area contributed by atoms with Gasteiger partial charge in [-0.25, -0.2) is 0 Å². The first-order valence-corrected chi connectivity index (χ1v) is 6.72. The summed E-state index contributed by atoms with van der Waals surface area (Å²) in [5.41, 5.74) is 2.54. The minimum Gasteiger partial charge on any atom is -0.300 e. The minimum atomic E-state index is 0.304. The molecule has 2 nitrogen and oxygen atoms in total. The fourth-order valence-electron chi connectivity index (χ4n) is 1.79. The van der Waals surface area contributed by atoms with Crippen LogP contribution in [0.1, 0.15) is 25.2 Å². The summed E-state index contributed by atoms with van der Waals surface area (Å²) in [7, 11) is 2.15. The molecule has 0 bridgehead atoms. The Morgan fingerprint density at radius 3 is 2.62 bits per heavy atom. The number of halogens is 1. The van der Waals surface area contributed by atoms with Crippen LogP contribution < -0.4 is 0 Å². The Kier molecular flexibility index (Phi) is 4.93. The molecule has 1 heterocycles. The quantitative estimate of drug-likeness (QED) is 0.772. The second-order valence-corrected chi connectivity index (χ2v) is 5.80. The van der Waals surface area contributed by atoms with Gasteiger partial charge in [0.1, 0.15) is 0 Å². The average Bonchev–Trinajstić information content (AvgIpc) is 2.16. The van der Waals surface area contributed by atoms with Gasteiger partial charge in [0.15, 0.2) is 0 Å². The highest BCUT2D eigenvalue weighted by Crippen LogP contribution is 2.19. The zero-order valence-corrected chi connectivity index (χ0v) is 12.2. The molecule has 1 aromatic rings. The lowest BCUT2D eigenvalue weighted by Crippen LogP contribution is -2.32. The summed E-state index contributed by atoms with van der Waals surface area (Å²) in [6, 6.07) is 6.19. The summed E-state index contributed by atoms with van der Waals surface area (Å²) in [6.45, 7) is 8.54. The van der Waals surface area contributed by atoms with Crippen molar-refractivity contribution in [3.63, 3.8) is 0 Å². The predicted octanol–water partition coefficient (Wildman–Crippen LogP) is 3.24. The van der Waals surface area contributed by atoms with Gasteiger partial charge >= 0.3 is 0 Å². The van der Waals surface area contributed by atoms with Gasteiger partial charge in [-0.05, 0) is 31.5 Å². The van der Waals surface area contributed by atoms with Crippen LogP contribution in [0.5, 0.6) is 0 Å². The molecule has 1 rings (SSSR count). The standard InChI is InChI=1S/C13H21BrN2/c1-11-6-5-7-12(15-11)8-16(4)10-13(2,3)9-14/h5-7H,8-10H2,1-4H3. The molecule has 3 heteroatoms. The lowest BCUT2D eigenvalue weighted by Gasteiger charge is -2.28. The molecule has 16 heavy (non-hydrogen) atoms. The molecule has 0 saturated carbocycles. The van der Waals surface area contributed by atoms with Crippen molar-refractivity contribution >= 4 is 15.9 Å². The molecule has 0 fully saturated rings. The summed E-state index contributed by atoms with van der Waals surface area (Å²) in [6.07, 6.45) is 0. The van der Waals surface area contributed by atoms with Crippen molar-refractivity contribution in [1.29, 1.82) is 0 Å². The minimum absolute atomic E-state index is 0.304. The van der Waals surface area contributed by atoms with E-state index in [0.29, 0.717) is 5.41 Å². The molecule has 0 N–H and O–H groups in total. The van der Waals surface area contributed by atoms with Crippen molar-refractivity contribution in [2.24, 2.45) is 5.41 Å². The third kappa shape index (κ3) is 4.62. The molecular formula is C13H21BrN2. The molecule has 0 aromatic carbocycles. The maximum Gasteiger partial charge on any atom is 0.0547 e. The molecule has 0 radical (unpaired) electrons. The number of alkyl halides is 1. The van der Waals surface area contributed by atoms with Crippen LogP contribution in [-0.4, -0.2) is 28.8 Å². The van der Waals surface area contributed by atoms with Gasteiger partial charge in [0.2, 0.25) is 0 Å². The average molecular weight is 285 g/mol. The van der Waals surface area contributed by atoms with Gasteiger partial charge in [-0.2, -0.15) is 0 Å². The maximum atomic E-state index is 4.52. The zero-order valence-electron chi connectivity index (χ0n) is 10.6. The maximum absolute atomic E-state index is 4.52. The van der Waals surface area contributed by atoms with Gasteiger partial charge in [0.25, 0.3) is 0 Å². The Morgan fingerprint density at radius 1 is 1.38 bits per heavy atom. The first-order chi connectivity index (χ1) is 7.43. The smallest absolute Gasteiger partial charge is 0.0547 e. The SMILES string of the molecule is Cc1cccc(CN(C)CC(C)(C)CBr)n1. The Morgan fingerprint density at radius 2 is 2.06 bits per heavy atom. The summed E-state index contributed by atoms with van der Waals surface area (Å²) in [5, 5.41) is 1.02. The first kappa shape index (κ1) is 13.7. The van der Waals surface area contributed by atoms with Crippen LogP contribution in [0, 0.1) is 12.3 Å². The van der Waals surface area contributed by atoms with Gasteiger partial charge in [-0.1, -0.05) is 35.8 Å². The van der Waals surface area contributed by atoms with Crippen LogP contribution >= 0.6 is 15.9 Å². The third-order valence-electron chi connectivity index (χ3n) is 2.44. The number of nitrogens with zero attached hydrogens (tertiary/aromatic N) is 2. The lowest BCUT2D eigenvalue weighted by atomic mass is 9.96. The van der Waals surface area contributed by atoms with Crippen molar-refractivity contribution in [3.05, 3.63) is 29.6 Å². The van der Waals surface area contributed by atoms with E-state index >= 15 is 0 Å². The van der Waals surface area contributed by atoms with E-state index in [2.05, 4.69) is 58.8 Å². The highest BCUT2D eigenvalue weighted by molar-refractivity contribution is 9.09. The molecule has 0 atom stereocenters. The van der Waals surface area contributed by atoms with Crippen molar-refractivity contribution in [2.45, 2.75) is 27.3 Å².